The molecule has 0 aromatic heterocycles. The van der Waals surface area contributed by atoms with Gasteiger partial charge in [0, 0.05) is 31.5 Å². The first kappa shape index (κ1) is 37.2. The Morgan fingerprint density at radius 1 is 0.857 bits per heavy atom. The topological polar surface area (TPSA) is 241 Å². The van der Waals surface area contributed by atoms with E-state index in [2.05, 4.69) is 20.9 Å². The summed E-state index contributed by atoms with van der Waals surface area (Å²) in [5.41, 5.74) is 0.416. The number of nitrogens with one attached hydrogen (secondary N) is 2. The number of azo groups is 1. The SMILES string of the molecule is CCN(CC)S(=O)(=O)c1ccc(N=Nc2cc(OC)c(Nc3c(S(=O)(=O)O)cc4cc(S(=O)(=O)O)cc(NC(C)=O)c4c3O)cc2C)cc1. The minimum atomic E-state index is -5.09. The third kappa shape index (κ3) is 7.98. The fourth-order valence-corrected chi connectivity index (χ4v) is 7.61. The summed E-state index contributed by atoms with van der Waals surface area (Å²) >= 11 is 0. The van der Waals surface area contributed by atoms with Crippen LogP contribution in [0.1, 0.15) is 26.3 Å². The number of hydrogen-bond donors (Lipinski definition) is 5. The van der Waals surface area contributed by atoms with Crippen LogP contribution in [0.5, 0.6) is 11.5 Å². The lowest BCUT2D eigenvalue weighted by molar-refractivity contribution is -0.114. The number of sulfonamides is 1. The monoisotopic (exact) mass is 735 g/mol. The fraction of sp³-hybridized carbons (Fsp3) is 0.233. The number of phenolic OH excluding ortho intramolecular Hbond substituents is 1. The number of amides is 1. The molecule has 4 rings (SSSR count). The first-order chi connectivity index (χ1) is 22.8. The summed E-state index contributed by atoms with van der Waals surface area (Å²) in [5.74, 6) is -1.39. The first-order valence-electron chi connectivity index (χ1n) is 14.4. The van der Waals surface area contributed by atoms with Crippen molar-refractivity contribution in [2.75, 3.05) is 30.8 Å². The average molecular weight is 736 g/mol. The van der Waals surface area contributed by atoms with Crippen LogP contribution in [0.4, 0.5) is 28.4 Å². The predicted molar refractivity (Wildman–Crippen MR) is 181 cm³/mol. The minimum absolute atomic E-state index is 0.0878. The van der Waals surface area contributed by atoms with Crippen LogP contribution < -0.4 is 15.4 Å². The molecule has 0 saturated carbocycles. The second kappa shape index (κ2) is 14.1. The van der Waals surface area contributed by atoms with Gasteiger partial charge in [0.1, 0.15) is 22.1 Å². The molecule has 0 aliphatic rings. The number of carbonyl (C=O) groups excluding carboxylic acids is 1. The molecule has 0 atom stereocenters. The quantitative estimate of drug-likeness (QED) is 0.0688. The van der Waals surface area contributed by atoms with E-state index in [4.69, 9.17) is 4.74 Å². The van der Waals surface area contributed by atoms with Gasteiger partial charge in [-0.25, -0.2) is 8.42 Å². The molecule has 0 unspecified atom stereocenters. The number of fused-ring (bicyclic) bond motifs is 1. The van der Waals surface area contributed by atoms with Crippen molar-refractivity contribution in [1.82, 2.24) is 4.31 Å². The van der Waals surface area contributed by atoms with Gasteiger partial charge in [0.15, 0.2) is 0 Å². The third-order valence-electron chi connectivity index (χ3n) is 7.27. The van der Waals surface area contributed by atoms with E-state index >= 15 is 0 Å². The summed E-state index contributed by atoms with van der Waals surface area (Å²) < 4.78 is 101. The molecule has 4 aromatic rings. The predicted octanol–water partition coefficient (Wildman–Crippen LogP) is 5.50. The summed E-state index contributed by atoms with van der Waals surface area (Å²) in [6.45, 7) is 6.88. The van der Waals surface area contributed by atoms with E-state index in [0.717, 1.165) is 25.1 Å². The maximum atomic E-state index is 12.8. The molecule has 0 heterocycles. The molecular formula is C30H33N5O11S3. The molecule has 0 aliphatic heterocycles. The van der Waals surface area contributed by atoms with Crippen molar-refractivity contribution in [2.45, 2.75) is 42.4 Å². The van der Waals surface area contributed by atoms with E-state index in [1.54, 1.807) is 20.8 Å². The highest BCUT2D eigenvalue weighted by molar-refractivity contribution is 7.89. The summed E-state index contributed by atoms with van der Waals surface area (Å²) in [5, 5.41) is 24.4. The Hall–Kier alpha value is -4.66. The van der Waals surface area contributed by atoms with E-state index in [-0.39, 0.29) is 32.8 Å². The Balaban J connectivity index is 1.79. The molecular weight excluding hydrogens is 703 g/mol. The van der Waals surface area contributed by atoms with Crippen molar-refractivity contribution in [3.8, 4) is 11.5 Å². The fourth-order valence-electron chi connectivity index (χ4n) is 4.93. The molecule has 1 amide bonds. The lowest BCUT2D eigenvalue weighted by Gasteiger charge is -2.19. The molecule has 0 aliphatic carbocycles. The highest BCUT2D eigenvalue weighted by Crippen LogP contribution is 2.46. The summed E-state index contributed by atoms with van der Waals surface area (Å²) in [4.78, 5) is 10.4. The number of methoxy groups -OCH3 is 1. The number of benzene rings is 4. The summed E-state index contributed by atoms with van der Waals surface area (Å²) in [7, 11) is -12.3. The van der Waals surface area contributed by atoms with E-state index < -0.39 is 57.4 Å². The number of aromatic hydroxyl groups is 1. The number of phenols is 1. The highest BCUT2D eigenvalue weighted by Gasteiger charge is 2.27. The molecule has 4 aromatic carbocycles. The zero-order chi connectivity index (χ0) is 36.5. The van der Waals surface area contributed by atoms with Gasteiger partial charge in [0.2, 0.25) is 15.9 Å². The Bertz CT molecular complexity index is 2310. The Kier molecular flexibility index (Phi) is 10.7. The Morgan fingerprint density at radius 2 is 1.49 bits per heavy atom. The maximum absolute atomic E-state index is 12.8. The molecule has 262 valence electrons. The zero-order valence-electron chi connectivity index (χ0n) is 26.8. The van der Waals surface area contributed by atoms with Crippen LogP contribution in [0, 0.1) is 6.92 Å². The van der Waals surface area contributed by atoms with Gasteiger partial charge in [0.25, 0.3) is 20.2 Å². The van der Waals surface area contributed by atoms with Crippen molar-refractivity contribution in [2.24, 2.45) is 10.2 Å². The lowest BCUT2D eigenvalue weighted by Crippen LogP contribution is -2.30. The third-order valence-corrected chi connectivity index (χ3v) is 11.0. The number of aryl methyl sites for hydroxylation is 1. The maximum Gasteiger partial charge on any atom is 0.296 e. The molecule has 19 heteroatoms. The van der Waals surface area contributed by atoms with Crippen LogP contribution >= 0.6 is 0 Å². The van der Waals surface area contributed by atoms with E-state index in [9.17, 15) is 44.3 Å². The van der Waals surface area contributed by atoms with Crippen LogP contribution in [0.15, 0.2) is 79.5 Å². The van der Waals surface area contributed by atoms with Gasteiger partial charge in [-0.2, -0.15) is 31.4 Å². The smallest absolute Gasteiger partial charge is 0.296 e. The van der Waals surface area contributed by atoms with Gasteiger partial charge in [0.05, 0.1) is 39.7 Å². The number of carbonyl (C=O) groups is 1. The molecule has 49 heavy (non-hydrogen) atoms. The lowest BCUT2D eigenvalue weighted by atomic mass is 10.1. The van der Waals surface area contributed by atoms with Crippen LogP contribution in [0.2, 0.25) is 0 Å². The standard InChI is InChI=1S/C30H33N5O11S3/c1-6-35(7-2)47(38,39)21-10-8-20(9-11-21)33-34-23-16-26(46-5)24(12-17(23)3)32-29-27(49(43,44)45)14-19-13-22(48(40,41)42)15-25(31-18(4)36)28(19)30(29)37/h8-16,32,37H,6-7H2,1-5H3,(H,31,36)(H,40,41,42)(H,43,44,45). The van der Waals surface area contributed by atoms with Gasteiger partial charge < -0.3 is 20.5 Å². The number of rotatable bonds is 12. The van der Waals surface area contributed by atoms with Gasteiger partial charge in [-0.05, 0) is 66.4 Å². The second-order valence-electron chi connectivity index (χ2n) is 10.5. The van der Waals surface area contributed by atoms with Gasteiger partial charge in [-0.1, -0.05) is 13.8 Å². The first-order valence-corrected chi connectivity index (χ1v) is 18.7. The highest BCUT2D eigenvalue weighted by atomic mass is 32.2. The number of ether oxygens (including phenoxy) is 1. The molecule has 0 radical (unpaired) electrons. The van der Waals surface area contributed by atoms with E-state index in [1.807, 2.05) is 0 Å². The van der Waals surface area contributed by atoms with Crippen LogP contribution in [0.3, 0.4) is 0 Å². The zero-order valence-corrected chi connectivity index (χ0v) is 29.2. The second-order valence-corrected chi connectivity index (χ2v) is 15.3. The molecule has 0 fully saturated rings. The number of anilines is 3. The molecule has 5 N–H and O–H groups in total. The number of nitrogens with zero attached hydrogens (tertiary/aromatic N) is 3. The normalized spacial score (nSPS) is 12.5. The van der Waals surface area contributed by atoms with Crippen molar-refractivity contribution < 1.29 is 49.0 Å². The van der Waals surface area contributed by atoms with Gasteiger partial charge in [-0.15, -0.1) is 0 Å². The summed E-state index contributed by atoms with van der Waals surface area (Å²) in [6.07, 6.45) is 0. The molecule has 0 spiro atoms. The van der Waals surface area contributed by atoms with Crippen molar-refractivity contribution in [3.63, 3.8) is 0 Å². The van der Waals surface area contributed by atoms with Gasteiger partial charge in [-0.3, -0.25) is 13.9 Å². The molecule has 16 nitrogen and oxygen atoms in total. The average Bonchev–Trinajstić information content (AvgIpc) is 3.01. The van der Waals surface area contributed by atoms with Gasteiger partial charge >= 0.3 is 0 Å². The number of hydrogen-bond acceptors (Lipinski definition) is 12. The van der Waals surface area contributed by atoms with Crippen molar-refractivity contribution >= 4 is 75.4 Å². The van der Waals surface area contributed by atoms with Crippen LogP contribution in [0.25, 0.3) is 10.8 Å². The molecule has 0 bridgehead atoms. The molecule has 0 saturated heterocycles. The van der Waals surface area contributed by atoms with Crippen LogP contribution in [-0.2, 0) is 35.1 Å². The van der Waals surface area contributed by atoms with Crippen LogP contribution in [-0.4, -0.2) is 69.9 Å². The van der Waals surface area contributed by atoms with E-state index in [1.165, 1.54) is 47.8 Å². The summed E-state index contributed by atoms with van der Waals surface area (Å²) in [6, 6.07) is 11.4. The van der Waals surface area contributed by atoms with Crippen molar-refractivity contribution in [1.29, 1.82) is 0 Å². The minimum Gasteiger partial charge on any atom is -0.505 e. The Labute approximate surface area is 283 Å². The largest absolute Gasteiger partial charge is 0.505 e. The van der Waals surface area contributed by atoms with E-state index in [0.29, 0.717) is 30.0 Å². The van der Waals surface area contributed by atoms with Crippen molar-refractivity contribution in [3.05, 3.63) is 60.2 Å². The Morgan fingerprint density at radius 3 is 2.02 bits per heavy atom.